The van der Waals surface area contributed by atoms with Crippen molar-refractivity contribution >= 4 is 0 Å². The fourth-order valence-corrected chi connectivity index (χ4v) is 0. The predicted octanol–water partition coefficient (Wildman–Crippen LogP) is 0.876. The average Bonchev–Trinajstić information content (AvgIpc) is 1.38. The molecule has 0 amide bonds. The molecule has 0 aromatic carbocycles. The van der Waals surface area contributed by atoms with E-state index in [0.717, 1.165) is 0 Å². The van der Waals surface area contributed by atoms with Crippen LogP contribution in [0.3, 0.4) is 0 Å². The van der Waals surface area contributed by atoms with Crippen LogP contribution in [-0.4, -0.2) is 6.10 Å². The summed E-state index contributed by atoms with van der Waals surface area (Å²) in [6.45, 7) is 4.03. The Morgan fingerprint density at radius 3 is 1.80 bits per heavy atom. The summed E-state index contributed by atoms with van der Waals surface area (Å²) in [5, 5.41) is 0. The second kappa shape index (κ2) is 3.72. The van der Waals surface area contributed by atoms with Gasteiger partial charge in [-0.05, 0) is 0 Å². The van der Waals surface area contributed by atoms with Gasteiger partial charge in [-0.25, -0.2) is 0 Å². The SMILES string of the molecule is CC(C)[O][Eu]. The quantitative estimate of drug-likeness (QED) is 0.625. The second-order valence-corrected chi connectivity index (χ2v) is 1.71. The van der Waals surface area contributed by atoms with Crippen molar-refractivity contribution in [3.05, 3.63) is 0 Å². The third-order valence-electron chi connectivity index (χ3n) is 0.178. The Balaban J connectivity index is 2.54. The molecule has 1 nitrogen and oxygen atoms in total. The fourth-order valence-electron chi connectivity index (χ4n) is 0. The zero-order valence-corrected chi connectivity index (χ0v) is 5.79. The molecule has 0 heterocycles. The first-order chi connectivity index (χ1) is 2.27. The van der Waals surface area contributed by atoms with Gasteiger partial charge in [0.1, 0.15) is 0 Å². The Morgan fingerprint density at radius 2 is 1.80 bits per heavy atom. The van der Waals surface area contributed by atoms with Crippen LogP contribution in [0.1, 0.15) is 13.8 Å². The van der Waals surface area contributed by atoms with Gasteiger partial charge in [0.2, 0.25) is 0 Å². The van der Waals surface area contributed by atoms with Crippen molar-refractivity contribution in [2.24, 2.45) is 0 Å². The van der Waals surface area contributed by atoms with Gasteiger partial charge in [-0.1, -0.05) is 0 Å². The molecule has 0 saturated carbocycles. The van der Waals surface area contributed by atoms with Crippen molar-refractivity contribution in [1.82, 2.24) is 0 Å². The van der Waals surface area contributed by atoms with Gasteiger partial charge in [-0.2, -0.15) is 0 Å². The van der Waals surface area contributed by atoms with Crippen LogP contribution >= 0.6 is 0 Å². The molecule has 0 aliphatic rings. The molecule has 0 spiro atoms. The number of rotatable bonds is 1. The van der Waals surface area contributed by atoms with Gasteiger partial charge in [-0.3, -0.25) is 0 Å². The van der Waals surface area contributed by atoms with Gasteiger partial charge >= 0.3 is 67.6 Å². The van der Waals surface area contributed by atoms with E-state index in [1.165, 1.54) is 47.7 Å². The maximum atomic E-state index is 4.81. The normalized spacial score (nSPS) is 9.60. The van der Waals surface area contributed by atoms with Crippen LogP contribution in [0.4, 0.5) is 0 Å². The third-order valence-corrected chi connectivity index (χ3v) is 1.32. The zero-order chi connectivity index (χ0) is 4.28. The molecule has 0 aliphatic heterocycles. The van der Waals surface area contributed by atoms with Crippen molar-refractivity contribution in [2.45, 2.75) is 20.0 Å². The summed E-state index contributed by atoms with van der Waals surface area (Å²) in [5.74, 6) is 0. The molecule has 0 fully saturated rings. The van der Waals surface area contributed by atoms with E-state index in [-0.39, 0.29) is 0 Å². The van der Waals surface area contributed by atoms with Crippen molar-refractivity contribution in [2.75, 3.05) is 0 Å². The van der Waals surface area contributed by atoms with E-state index in [0.29, 0.717) is 6.10 Å². The molecule has 0 aliphatic carbocycles. The summed E-state index contributed by atoms with van der Waals surface area (Å²) in [7, 11) is 0. The van der Waals surface area contributed by atoms with Crippen molar-refractivity contribution in [1.29, 1.82) is 0 Å². The Morgan fingerprint density at radius 1 is 1.60 bits per heavy atom. The Labute approximate surface area is 66.5 Å². The number of hydrogen-bond acceptors (Lipinski definition) is 1. The summed E-state index contributed by atoms with van der Waals surface area (Å²) in [6, 6.07) is 0. The standard InChI is InChI=1S/C3H7O.Eu/c1-3(2)4;/h3H,1-2H3;/q-1;+1. The average molecular weight is 211 g/mol. The van der Waals surface area contributed by atoms with E-state index in [1.807, 2.05) is 13.8 Å². The summed E-state index contributed by atoms with van der Waals surface area (Å²) < 4.78 is 4.81. The molecule has 0 atom stereocenters. The molecular weight excluding hydrogens is 204 g/mol. The maximum absolute atomic E-state index is 4.81. The fraction of sp³-hybridized carbons (Fsp3) is 1.00. The Hall–Kier alpha value is 1.54. The first-order valence-corrected chi connectivity index (χ1v) is 2.53. The molecule has 0 aromatic rings. The third kappa shape index (κ3) is 5.54. The topological polar surface area (TPSA) is 9.23 Å². The molecule has 0 N–H and O–H groups in total. The molecule has 0 aromatic heterocycles. The van der Waals surface area contributed by atoms with Gasteiger partial charge in [-0.15, -0.1) is 0 Å². The predicted molar refractivity (Wildman–Crippen MR) is 16.2 cm³/mol. The molecule has 5 heavy (non-hydrogen) atoms. The summed E-state index contributed by atoms with van der Waals surface area (Å²) in [5.41, 5.74) is 0. The van der Waals surface area contributed by atoms with E-state index in [9.17, 15) is 0 Å². The van der Waals surface area contributed by atoms with Crippen molar-refractivity contribution in [3.63, 3.8) is 0 Å². The molecule has 0 saturated heterocycles. The van der Waals surface area contributed by atoms with Gasteiger partial charge in [0, 0.05) is 0 Å². The monoisotopic (exact) mass is 212 g/mol. The molecule has 0 rings (SSSR count). The molecule has 0 bridgehead atoms. The minimum atomic E-state index is 0.409. The van der Waals surface area contributed by atoms with E-state index in [1.54, 1.807) is 0 Å². The molecule has 0 radical (unpaired) electrons. The number of hydrogen-bond donors (Lipinski definition) is 0. The Kier molecular flexibility index (Phi) is 4.88. The van der Waals surface area contributed by atoms with E-state index in [2.05, 4.69) is 0 Å². The van der Waals surface area contributed by atoms with E-state index in [4.69, 9.17) is -0.00603 Å². The summed E-state index contributed by atoms with van der Waals surface area (Å²) in [6.07, 6.45) is 0.409. The first-order valence-electron chi connectivity index (χ1n) is 1.54. The van der Waals surface area contributed by atoms with Crippen LogP contribution in [-0.2, 0) is -0.00603 Å². The second-order valence-electron chi connectivity index (χ2n) is 1.14. The van der Waals surface area contributed by atoms with Gasteiger partial charge in [0.25, 0.3) is 0 Å². The van der Waals surface area contributed by atoms with E-state index >= 15 is 0 Å². The van der Waals surface area contributed by atoms with Crippen molar-refractivity contribution < 1.29 is 47.7 Å². The van der Waals surface area contributed by atoms with Crippen LogP contribution in [0.15, 0.2) is 0 Å². The van der Waals surface area contributed by atoms with Crippen LogP contribution in [0.2, 0.25) is 0 Å². The summed E-state index contributed by atoms with van der Waals surface area (Å²) >= 11 is 1.37. The van der Waals surface area contributed by atoms with Crippen LogP contribution in [0, 0.1) is 47.7 Å². The first kappa shape index (κ1) is 6.54. The zero-order valence-electron chi connectivity index (χ0n) is 3.36. The van der Waals surface area contributed by atoms with Crippen LogP contribution in [0.5, 0.6) is 0 Å². The van der Waals surface area contributed by atoms with E-state index < -0.39 is 0 Å². The molecule has 2 heteroatoms. The van der Waals surface area contributed by atoms with Crippen LogP contribution < -0.4 is 0 Å². The summed E-state index contributed by atoms with van der Waals surface area (Å²) in [4.78, 5) is 0. The van der Waals surface area contributed by atoms with Gasteiger partial charge in [0.05, 0.1) is 0 Å². The van der Waals surface area contributed by atoms with Crippen molar-refractivity contribution in [3.8, 4) is 0 Å². The van der Waals surface area contributed by atoms with Gasteiger partial charge in [0.15, 0.2) is 0 Å². The molecule has 0 unspecified atom stereocenters. The Bertz CT molecular complexity index is 20.9. The molecule has 32 valence electrons. The van der Waals surface area contributed by atoms with Gasteiger partial charge < -0.3 is 0 Å². The van der Waals surface area contributed by atoms with Crippen LogP contribution in [0.25, 0.3) is 0 Å². The molecular formula is C3H7EuO. The minimum absolute atomic E-state index is 0.409.